The number of esters is 1. The number of hydrogen-bond donors (Lipinski definition) is 3. The van der Waals surface area contributed by atoms with Gasteiger partial charge in [-0.05, 0) is 154 Å². The molecule has 0 spiro atoms. The molecule has 2 aromatic rings. The van der Waals surface area contributed by atoms with E-state index in [0.717, 1.165) is 17.6 Å². The van der Waals surface area contributed by atoms with Crippen LogP contribution in [0.5, 0.6) is 17.2 Å². The maximum Gasteiger partial charge on any atom is 0.417 e. The number of carbonyl (C=O) groups excluding carboxylic acids is 5. The molecule has 0 radical (unpaired) electrons. The number of phenols is 1. The number of nitrogens with two attached hydrogens (primary N) is 1. The van der Waals surface area contributed by atoms with Crippen molar-refractivity contribution < 1.29 is 43.3 Å². The summed E-state index contributed by atoms with van der Waals surface area (Å²) in [6, 6.07) is 6.01. The molecule has 4 N–H and O–H groups in total. The van der Waals surface area contributed by atoms with Crippen molar-refractivity contribution in [3.8, 4) is 17.2 Å². The zero-order valence-corrected chi connectivity index (χ0v) is 32.4. The number of benzene rings is 2. The van der Waals surface area contributed by atoms with Gasteiger partial charge in [-0.25, -0.2) is 9.69 Å². The van der Waals surface area contributed by atoms with E-state index in [0.29, 0.717) is 18.6 Å². The van der Waals surface area contributed by atoms with Gasteiger partial charge in [-0.2, -0.15) is 0 Å². The van der Waals surface area contributed by atoms with Crippen LogP contribution in [0.25, 0.3) is 0 Å². The molecular formula is C28H29I4N3O9. The Kier molecular flexibility index (Phi) is 13.3. The highest BCUT2D eigenvalue weighted by molar-refractivity contribution is 14.1. The number of imide groups is 2. The van der Waals surface area contributed by atoms with Crippen molar-refractivity contribution >= 4 is 120 Å². The molecule has 3 rings (SSSR count). The first-order valence-electron chi connectivity index (χ1n) is 13.1. The lowest BCUT2D eigenvalue weighted by Gasteiger charge is -2.28. The van der Waals surface area contributed by atoms with Crippen LogP contribution in [-0.2, 0) is 35.1 Å². The third kappa shape index (κ3) is 10.5. The second-order valence-corrected chi connectivity index (χ2v) is 15.4. The molecule has 1 aliphatic rings. The smallest absolute Gasteiger partial charge is 0.417 e. The van der Waals surface area contributed by atoms with E-state index in [2.05, 4.69) is 50.5 Å². The lowest BCUT2D eigenvalue weighted by Crippen LogP contribution is -2.49. The lowest BCUT2D eigenvalue weighted by atomic mass is 10.1. The van der Waals surface area contributed by atoms with Crippen molar-refractivity contribution in [2.45, 2.75) is 64.2 Å². The molecule has 2 aromatic carbocycles. The van der Waals surface area contributed by atoms with Crippen LogP contribution in [-0.4, -0.2) is 64.1 Å². The molecule has 0 aromatic heterocycles. The molecule has 4 amide bonds. The Morgan fingerprint density at radius 3 is 2.16 bits per heavy atom. The number of ether oxygens (including phenoxy) is 3. The maximum atomic E-state index is 13.4. The molecule has 44 heavy (non-hydrogen) atoms. The highest BCUT2D eigenvalue weighted by Crippen LogP contribution is 2.37. The third-order valence-electron chi connectivity index (χ3n) is 5.88. The molecule has 1 fully saturated rings. The number of nitrogens with zero attached hydrogens (tertiary/aromatic N) is 1. The second kappa shape index (κ2) is 15.8. The van der Waals surface area contributed by atoms with E-state index >= 15 is 0 Å². The average molecular weight is 1060 g/mol. The van der Waals surface area contributed by atoms with Crippen LogP contribution in [0.15, 0.2) is 24.3 Å². The normalized spacial score (nSPS) is 15.4. The summed E-state index contributed by atoms with van der Waals surface area (Å²) in [5.41, 5.74) is 6.14. The predicted octanol–water partition coefficient (Wildman–Crippen LogP) is 4.97. The summed E-state index contributed by atoms with van der Waals surface area (Å²) in [6.07, 6.45) is -2.43. The molecule has 238 valence electrons. The van der Waals surface area contributed by atoms with Gasteiger partial charge in [0.1, 0.15) is 17.1 Å². The highest BCUT2D eigenvalue weighted by Gasteiger charge is 2.34. The van der Waals surface area contributed by atoms with Crippen LogP contribution in [0.3, 0.4) is 0 Å². The van der Waals surface area contributed by atoms with E-state index in [1.807, 2.05) is 57.3 Å². The average Bonchev–Trinajstić information content (AvgIpc) is 3.21. The number of amides is 4. The lowest BCUT2D eigenvalue weighted by molar-refractivity contribution is -0.154. The second-order valence-electron chi connectivity index (χ2n) is 10.7. The monoisotopic (exact) mass is 1060 g/mol. The fraction of sp³-hybridized carbons (Fsp3) is 0.393. The Labute approximate surface area is 308 Å². The number of rotatable bonds is 10. The number of carbonyl (C=O) groups is 5. The quantitative estimate of drug-likeness (QED) is 0.168. The van der Waals surface area contributed by atoms with Crippen molar-refractivity contribution in [2.24, 2.45) is 5.73 Å². The van der Waals surface area contributed by atoms with Crippen molar-refractivity contribution in [3.63, 3.8) is 0 Å². The number of nitrogens with one attached hydrogen (secondary N) is 1. The van der Waals surface area contributed by atoms with Crippen LogP contribution in [0.2, 0.25) is 0 Å². The maximum absolute atomic E-state index is 13.4. The molecular weight excluding hydrogens is 1030 g/mol. The Hall–Kier alpha value is -1.53. The Bertz CT molecular complexity index is 1430. The minimum absolute atomic E-state index is 0.0236. The first kappa shape index (κ1) is 36.9. The third-order valence-corrected chi connectivity index (χ3v) is 9.13. The van der Waals surface area contributed by atoms with E-state index in [4.69, 9.17) is 19.9 Å². The van der Waals surface area contributed by atoms with Crippen molar-refractivity contribution in [3.05, 3.63) is 44.1 Å². The highest BCUT2D eigenvalue weighted by atomic mass is 127. The summed E-state index contributed by atoms with van der Waals surface area (Å²) >= 11 is 8.32. The van der Waals surface area contributed by atoms with Gasteiger partial charge < -0.3 is 25.1 Å². The SMILES string of the molecule is CC(C)(C)OC(=O)N(CCCC(=O)OC1CC(=O)NC1=O)C(=O)[C@@H](N)Cc1cc(I)c(Oc2cc(I)c(O)c(I)c2)c(I)c1. The molecule has 0 bridgehead atoms. The number of hydrogen-bond acceptors (Lipinski definition) is 10. The van der Waals surface area contributed by atoms with Crippen LogP contribution >= 0.6 is 90.4 Å². The van der Waals surface area contributed by atoms with Gasteiger partial charge in [0.15, 0.2) is 11.9 Å². The van der Waals surface area contributed by atoms with Crippen LogP contribution in [0.4, 0.5) is 4.79 Å². The molecule has 2 atom stereocenters. The van der Waals surface area contributed by atoms with Crippen molar-refractivity contribution in [1.82, 2.24) is 10.2 Å². The predicted molar refractivity (Wildman–Crippen MR) is 192 cm³/mol. The number of phenolic OH excluding ortho intramolecular Hbond substituents is 1. The summed E-state index contributed by atoms with van der Waals surface area (Å²) in [5, 5.41) is 12.1. The first-order chi connectivity index (χ1) is 20.4. The minimum Gasteiger partial charge on any atom is -0.506 e. The molecule has 0 aliphatic carbocycles. The van der Waals surface area contributed by atoms with Crippen LogP contribution < -0.4 is 15.8 Å². The van der Waals surface area contributed by atoms with Gasteiger partial charge in [0, 0.05) is 13.0 Å². The molecule has 1 unspecified atom stereocenters. The summed E-state index contributed by atoms with van der Waals surface area (Å²) in [4.78, 5) is 62.5. The summed E-state index contributed by atoms with van der Waals surface area (Å²) in [7, 11) is 0. The van der Waals surface area contributed by atoms with Crippen molar-refractivity contribution in [1.29, 1.82) is 0 Å². The minimum atomic E-state index is -1.19. The van der Waals surface area contributed by atoms with E-state index in [-0.39, 0.29) is 38.0 Å². The van der Waals surface area contributed by atoms with E-state index in [1.165, 1.54) is 0 Å². The van der Waals surface area contributed by atoms with E-state index < -0.39 is 47.5 Å². The summed E-state index contributed by atoms with van der Waals surface area (Å²) in [6.45, 7) is 4.79. The van der Waals surface area contributed by atoms with E-state index in [1.54, 1.807) is 32.9 Å². The van der Waals surface area contributed by atoms with Gasteiger partial charge >= 0.3 is 12.1 Å². The standard InChI is InChI=1S/C28H29I4N3O9/c1-28(2,3)44-27(41)35(6-4-5-22(37)43-20-12-21(36)34-25(20)39)26(40)19(33)9-13-7-17(31)24(18(32)8-13)42-14-10-15(29)23(38)16(30)11-14/h7-8,10-11,19-20,38H,4-6,9,12,33H2,1-3H3,(H,34,36,39)/t19-,20?/m0/s1. The Balaban J connectivity index is 1.69. The van der Waals surface area contributed by atoms with E-state index in [9.17, 15) is 29.1 Å². The molecule has 1 saturated heterocycles. The fourth-order valence-electron chi connectivity index (χ4n) is 3.92. The number of halogens is 4. The van der Waals surface area contributed by atoms with Gasteiger partial charge in [0.25, 0.3) is 5.91 Å². The topological polar surface area (TPSA) is 175 Å². The molecule has 16 heteroatoms. The van der Waals surface area contributed by atoms with Crippen LogP contribution in [0, 0.1) is 14.3 Å². The molecule has 1 heterocycles. The zero-order chi connectivity index (χ0) is 32.9. The molecule has 12 nitrogen and oxygen atoms in total. The van der Waals surface area contributed by atoms with Gasteiger partial charge in [-0.15, -0.1) is 0 Å². The van der Waals surface area contributed by atoms with Crippen molar-refractivity contribution in [2.75, 3.05) is 6.54 Å². The molecule has 0 saturated carbocycles. The van der Waals surface area contributed by atoms with Crippen LogP contribution in [0.1, 0.15) is 45.6 Å². The van der Waals surface area contributed by atoms with Gasteiger partial charge in [-0.1, -0.05) is 0 Å². The van der Waals surface area contributed by atoms with Gasteiger partial charge in [0.05, 0.1) is 26.7 Å². The molecule has 1 aliphatic heterocycles. The largest absolute Gasteiger partial charge is 0.506 e. The summed E-state index contributed by atoms with van der Waals surface area (Å²) < 4.78 is 19.4. The van der Waals surface area contributed by atoms with Gasteiger partial charge in [0.2, 0.25) is 11.8 Å². The summed E-state index contributed by atoms with van der Waals surface area (Å²) in [5.74, 6) is -1.30. The Morgan fingerprint density at radius 1 is 1.05 bits per heavy atom. The first-order valence-corrected chi connectivity index (χ1v) is 17.4. The van der Waals surface area contributed by atoms with Gasteiger partial charge in [-0.3, -0.25) is 24.5 Å². The number of aromatic hydroxyl groups is 1. The zero-order valence-electron chi connectivity index (χ0n) is 23.7. The fourth-order valence-corrected chi connectivity index (χ4v) is 7.75. The Morgan fingerprint density at radius 2 is 1.64 bits per heavy atom.